The molecular formula is C8H15BN2O4S. The molecule has 16 heavy (non-hydrogen) atoms. The topological polar surface area (TPSA) is 79.2 Å². The molecular weight excluding hydrogens is 231 g/mol. The minimum atomic E-state index is -3.61. The second-order valence-corrected chi connectivity index (χ2v) is 5.28. The third-order valence-corrected chi connectivity index (χ3v) is 3.73. The number of nitrogens with zero attached hydrogens (tertiary/aromatic N) is 2. The number of sulfonamides is 1. The van der Waals surface area contributed by atoms with Gasteiger partial charge in [0.2, 0.25) is 10.0 Å². The van der Waals surface area contributed by atoms with Crippen molar-refractivity contribution < 1.29 is 18.2 Å². The first-order valence-corrected chi connectivity index (χ1v) is 6.56. The van der Waals surface area contributed by atoms with E-state index in [1.807, 2.05) is 6.92 Å². The van der Waals surface area contributed by atoms with E-state index in [0.29, 0.717) is 10.7 Å². The molecule has 0 radical (unpaired) electrons. The second-order valence-electron chi connectivity index (χ2n) is 3.33. The zero-order valence-corrected chi connectivity index (χ0v) is 10.1. The van der Waals surface area contributed by atoms with Gasteiger partial charge in [0.25, 0.3) is 0 Å². The predicted octanol–water partition coefficient (Wildman–Crippen LogP) is -0.380. The van der Waals surface area contributed by atoms with Gasteiger partial charge in [-0.25, -0.2) is 12.7 Å². The predicted molar refractivity (Wildman–Crippen MR) is 62.3 cm³/mol. The van der Waals surface area contributed by atoms with Gasteiger partial charge in [-0.1, -0.05) is 12.9 Å². The van der Waals surface area contributed by atoms with Gasteiger partial charge in [-0.3, -0.25) is 0 Å². The van der Waals surface area contributed by atoms with E-state index < -0.39 is 17.1 Å². The van der Waals surface area contributed by atoms with Crippen LogP contribution in [0.2, 0.25) is 0 Å². The summed E-state index contributed by atoms with van der Waals surface area (Å²) in [6, 6.07) is 0. The zero-order valence-electron chi connectivity index (χ0n) is 9.33. The lowest BCUT2D eigenvalue weighted by Crippen LogP contribution is -2.43. The van der Waals surface area contributed by atoms with Crippen molar-refractivity contribution in [3.63, 3.8) is 0 Å². The lowest BCUT2D eigenvalue weighted by molar-refractivity contribution is 0.216. The molecule has 8 heteroatoms. The van der Waals surface area contributed by atoms with E-state index in [2.05, 4.69) is 5.10 Å². The molecule has 1 heterocycles. The Bertz CT molecular complexity index is 393. The molecule has 6 nitrogen and oxygen atoms in total. The summed E-state index contributed by atoms with van der Waals surface area (Å²) in [5.41, 5.74) is 0.811. The highest BCUT2D eigenvalue weighted by molar-refractivity contribution is 7.90. The fourth-order valence-electron chi connectivity index (χ4n) is 1.23. The van der Waals surface area contributed by atoms with Crippen LogP contribution in [0, 0.1) is 0 Å². The minimum absolute atomic E-state index is 0.0748. The smallest absolute Gasteiger partial charge is 0.427 e. The number of ether oxygens (including phenoxy) is 1. The molecule has 0 aliphatic carbocycles. The van der Waals surface area contributed by atoms with Crippen molar-refractivity contribution in [3.05, 3.63) is 11.5 Å². The SMILES string of the molecule is CCC1=CB(O)N(S(=O)(=O)CCOC)N=C1. The normalized spacial score (nSPS) is 16.6. The maximum Gasteiger partial charge on any atom is 0.476 e. The molecule has 0 atom stereocenters. The van der Waals surface area contributed by atoms with Crippen molar-refractivity contribution >= 4 is 23.3 Å². The quantitative estimate of drug-likeness (QED) is 0.670. The van der Waals surface area contributed by atoms with Crippen LogP contribution in [0.25, 0.3) is 0 Å². The Hall–Kier alpha value is -0.855. The molecule has 1 N–H and O–H groups in total. The summed E-state index contributed by atoms with van der Waals surface area (Å²) >= 11 is 0. The van der Waals surface area contributed by atoms with Gasteiger partial charge < -0.3 is 9.76 Å². The first-order chi connectivity index (χ1) is 7.51. The Labute approximate surface area is 95.8 Å². The van der Waals surface area contributed by atoms with E-state index in [-0.39, 0.29) is 12.4 Å². The molecule has 0 unspecified atom stereocenters. The van der Waals surface area contributed by atoms with Gasteiger partial charge in [0, 0.05) is 13.3 Å². The zero-order chi connectivity index (χ0) is 12.2. The first kappa shape index (κ1) is 13.2. The van der Waals surface area contributed by atoms with Crippen LogP contribution in [-0.4, -0.2) is 50.5 Å². The van der Waals surface area contributed by atoms with Crippen molar-refractivity contribution in [2.24, 2.45) is 5.10 Å². The van der Waals surface area contributed by atoms with Crippen molar-refractivity contribution in [1.82, 2.24) is 4.33 Å². The van der Waals surface area contributed by atoms with Gasteiger partial charge in [0.1, 0.15) is 0 Å². The highest BCUT2D eigenvalue weighted by Crippen LogP contribution is 2.13. The van der Waals surface area contributed by atoms with Gasteiger partial charge in [-0.15, -0.1) is 0 Å². The van der Waals surface area contributed by atoms with E-state index >= 15 is 0 Å². The van der Waals surface area contributed by atoms with Crippen LogP contribution < -0.4 is 0 Å². The Balaban J connectivity index is 2.77. The molecule has 0 aromatic rings. The second kappa shape index (κ2) is 5.47. The van der Waals surface area contributed by atoms with Crippen LogP contribution in [0.4, 0.5) is 0 Å². The highest BCUT2D eigenvalue weighted by Gasteiger charge is 2.32. The number of hydrogen-bond donors (Lipinski definition) is 1. The molecule has 90 valence electrons. The summed E-state index contributed by atoms with van der Waals surface area (Å²) in [6.45, 7) is 1.98. The van der Waals surface area contributed by atoms with E-state index in [4.69, 9.17) is 4.74 Å². The number of hydrogen-bond acceptors (Lipinski definition) is 5. The lowest BCUT2D eigenvalue weighted by atomic mass is 9.81. The van der Waals surface area contributed by atoms with E-state index in [0.717, 1.165) is 5.57 Å². The molecule has 0 amide bonds. The van der Waals surface area contributed by atoms with Crippen molar-refractivity contribution in [2.45, 2.75) is 13.3 Å². The van der Waals surface area contributed by atoms with Gasteiger partial charge in [-0.2, -0.15) is 5.10 Å². The number of rotatable bonds is 5. The molecule has 0 saturated heterocycles. The van der Waals surface area contributed by atoms with Crippen LogP contribution in [0.15, 0.2) is 16.6 Å². The van der Waals surface area contributed by atoms with Crippen molar-refractivity contribution in [3.8, 4) is 0 Å². The summed E-state index contributed by atoms with van der Waals surface area (Å²) in [7, 11) is -3.41. The molecule has 1 rings (SSSR count). The standard InChI is InChI=1S/C8H15BN2O4S/c1-3-8-6-9(12)11(10-7-8)16(13,14)5-4-15-2/h6-7,12H,3-5H2,1-2H3. The number of hydrazone groups is 1. The minimum Gasteiger partial charge on any atom is -0.427 e. The maximum absolute atomic E-state index is 11.7. The Morgan fingerprint density at radius 2 is 2.31 bits per heavy atom. The monoisotopic (exact) mass is 246 g/mol. The summed E-state index contributed by atoms with van der Waals surface area (Å²) < 4.78 is 28.8. The molecule has 1 aliphatic heterocycles. The van der Waals surface area contributed by atoms with Gasteiger partial charge in [-0.05, 0) is 12.0 Å². The van der Waals surface area contributed by atoms with Gasteiger partial charge in [0.15, 0.2) is 0 Å². The fraction of sp³-hybridized carbons (Fsp3) is 0.625. The molecule has 0 saturated carbocycles. The van der Waals surface area contributed by atoms with E-state index in [1.165, 1.54) is 19.3 Å². The average Bonchev–Trinajstić information content (AvgIpc) is 2.25. The molecule has 1 aliphatic rings. The summed E-state index contributed by atoms with van der Waals surface area (Å²) in [5.74, 6) is 1.27. The molecule has 0 aromatic carbocycles. The first-order valence-electron chi connectivity index (χ1n) is 4.95. The van der Waals surface area contributed by atoms with Gasteiger partial charge in [0.05, 0.1) is 12.4 Å². The molecule has 0 spiro atoms. The highest BCUT2D eigenvalue weighted by atomic mass is 32.2. The summed E-state index contributed by atoms with van der Waals surface area (Å²) in [6.07, 6.45) is 2.14. The number of methoxy groups -OCH3 is 1. The molecule has 0 bridgehead atoms. The Kier molecular flexibility index (Phi) is 4.51. The Morgan fingerprint density at radius 1 is 1.62 bits per heavy atom. The summed E-state index contributed by atoms with van der Waals surface area (Å²) in [5, 5.41) is 13.4. The van der Waals surface area contributed by atoms with Crippen LogP contribution in [0.5, 0.6) is 0 Å². The molecule has 0 fully saturated rings. The number of allylic oxidation sites excluding steroid dienone is 1. The lowest BCUT2D eigenvalue weighted by Gasteiger charge is -2.22. The van der Waals surface area contributed by atoms with Crippen LogP contribution in [0.1, 0.15) is 13.3 Å². The maximum atomic E-state index is 11.7. The summed E-state index contributed by atoms with van der Waals surface area (Å²) in [4.78, 5) is 0. The Morgan fingerprint density at radius 3 is 2.81 bits per heavy atom. The van der Waals surface area contributed by atoms with Crippen molar-refractivity contribution in [2.75, 3.05) is 19.5 Å². The van der Waals surface area contributed by atoms with Gasteiger partial charge >= 0.3 is 7.05 Å². The van der Waals surface area contributed by atoms with Crippen LogP contribution in [0.3, 0.4) is 0 Å². The van der Waals surface area contributed by atoms with Crippen LogP contribution >= 0.6 is 0 Å². The van der Waals surface area contributed by atoms with E-state index in [9.17, 15) is 13.4 Å². The third kappa shape index (κ3) is 3.07. The largest absolute Gasteiger partial charge is 0.476 e. The fourth-order valence-corrected chi connectivity index (χ4v) is 2.37. The van der Waals surface area contributed by atoms with E-state index in [1.54, 1.807) is 0 Å². The molecule has 0 aromatic heterocycles. The van der Waals surface area contributed by atoms with Crippen molar-refractivity contribution in [1.29, 1.82) is 0 Å². The average molecular weight is 246 g/mol. The van der Waals surface area contributed by atoms with Crippen LogP contribution in [-0.2, 0) is 14.8 Å². The third-order valence-electron chi connectivity index (χ3n) is 2.17.